The van der Waals surface area contributed by atoms with E-state index in [2.05, 4.69) is 42.2 Å². The van der Waals surface area contributed by atoms with Gasteiger partial charge < -0.3 is 4.79 Å². The number of unbranched alkanes of at least 4 members (excludes halogenated alkanes) is 1. The highest BCUT2D eigenvalue weighted by atomic mass is 16.1. The summed E-state index contributed by atoms with van der Waals surface area (Å²) in [5.74, 6) is 0. The number of aromatic nitrogens is 1. The number of aryl methyl sites for hydroxylation is 2. The highest BCUT2D eigenvalue weighted by molar-refractivity contribution is 5.59. The van der Waals surface area contributed by atoms with Crippen molar-refractivity contribution in [3.05, 3.63) is 53.7 Å². The van der Waals surface area contributed by atoms with Crippen molar-refractivity contribution >= 4 is 6.29 Å². The van der Waals surface area contributed by atoms with Crippen molar-refractivity contribution in [2.24, 2.45) is 0 Å². The van der Waals surface area contributed by atoms with Crippen molar-refractivity contribution in [3.63, 3.8) is 0 Å². The zero-order valence-electron chi connectivity index (χ0n) is 12.0. The minimum atomic E-state index is 0.563. The van der Waals surface area contributed by atoms with E-state index < -0.39 is 0 Å². The Bertz CT molecular complexity index is 528. The summed E-state index contributed by atoms with van der Waals surface area (Å²) < 4.78 is 0. The summed E-state index contributed by atoms with van der Waals surface area (Å²) in [5.41, 5.74) is 4.63. The SMILES string of the molecule is CCCCc1ccc(-c2ccc(CCC=O)cn2)cc1. The molecule has 0 bridgehead atoms. The summed E-state index contributed by atoms with van der Waals surface area (Å²) in [5, 5.41) is 0. The second kappa shape index (κ2) is 7.59. The molecule has 0 spiro atoms. The Morgan fingerprint density at radius 1 is 1.00 bits per heavy atom. The maximum absolute atomic E-state index is 10.4. The maximum atomic E-state index is 10.4. The first-order valence-corrected chi connectivity index (χ1v) is 7.31. The van der Waals surface area contributed by atoms with Crippen LogP contribution < -0.4 is 0 Å². The Morgan fingerprint density at radius 2 is 1.75 bits per heavy atom. The molecule has 2 nitrogen and oxygen atoms in total. The first-order chi connectivity index (χ1) is 9.83. The normalized spacial score (nSPS) is 10.4. The summed E-state index contributed by atoms with van der Waals surface area (Å²) >= 11 is 0. The Hall–Kier alpha value is -1.96. The van der Waals surface area contributed by atoms with Crippen LogP contribution in [0.3, 0.4) is 0 Å². The zero-order valence-corrected chi connectivity index (χ0v) is 12.0. The van der Waals surface area contributed by atoms with Gasteiger partial charge in [0.15, 0.2) is 0 Å². The predicted molar refractivity (Wildman–Crippen MR) is 82.7 cm³/mol. The molecular weight excluding hydrogens is 246 g/mol. The molecule has 0 saturated carbocycles. The molecule has 0 saturated heterocycles. The number of carbonyl (C=O) groups is 1. The van der Waals surface area contributed by atoms with E-state index in [1.54, 1.807) is 0 Å². The number of benzene rings is 1. The van der Waals surface area contributed by atoms with Gasteiger partial charge in [-0.05, 0) is 36.5 Å². The van der Waals surface area contributed by atoms with Crippen LogP contribution in [-0.4, -0.2) is 11.3 Å². The van der Waals surface area contributed by atoms with E-state index in [0.29, 0.717) is 6.42 Å². The van der Waals surface area contributed by atoms with Crippen LogP contribution in [0.5, 0.6) is 0 Å². The van der Waals surface area contributed by atoms with Gasteiger partial charge in [-0.25, -0.2) is 0 Å². The van der Waals surface area contributed by atoms with Crippen LogP contribution in [0.15, 0.2) is 42.6 Å². The van der Waals surface area contributed by atoms with Crippen molar-refractivity contribution in [2.45, 2.75) is 39.0 Å². The Morgan fingerprint density at radius 3 is 2.35 bits per heavy atom. The van der Waals surface area contributed by atoms with E-state index in [-0.39, 0.29) is 0 Å². The molecule has 104 valence electrons. The predicted octanol–water partition coefficient (Wildman–Crippen LogP) is 4.22. The molecule has 2 rings (SSSR count). The molecule has 0 N–H and O–H groups in total. The topological polar surface area (TPSA) is 30.0 Å². The van der Waals surface area contributed by atoms with Crippen LogP contribution in [-0.2, 0) is 17.6 Å². The van der Waals surface area contributed by atoms with Crippen LogP contribution >= 0.6 is 0 Å². The van der Waals surface area contributed by atoms with Crippen LogP contribution in [0.4, 0.5) is 0 Å². The summed E-state index contributed by atoms with van der Waals surface area (Å²) in [6, 6.07) is 12.7. The number of nitrogens with zero attached hydrogens (tertiary/aromatic N) is 1. The number of hydrogen-bond acceptors (Lipinski definition) is 2. The van der Waals surface area contributed by atoms with Crippen molar-refractivity contribution in [1.29, 1.82) is 0 Å². The van der Waals surface area contributed by atoms with Crippen LogP contribution in [0.2, 0.25) is 0 Å². The van der Waals surface area contributed by atoms with Gasteiger partial charge in [0.1, 0.15) is 6.29 Å². The van der Waals surface area contributed by atoms with Crippen molar-refractivity contribution in [1.82, 2.24) is 4.98 Å². The van der Waals surface area contributed by atoms with E-state index in [1.165, 1.54) is 18.4 Å². The molecule has 0 aliphatic rings. The summed E-state index contributed by atoms with van der Waals surface area (Å²) in [6.07, 6.45) is 7.76. The second-order valence-corrected chi connectivity index (χ2v) is 5.06. The summed E-state index contributed by atoms with van der Waals surface area (Å²) in [7, 11) is 0. The first kappa shape index (κ1) is 14.4. The standard InChI is InChI=1S/C18H21NO/c1-2-3-5-15-7-10-17(11-8-15)18-12-9-16(14-19-18)6-4-13-20/h7-14H,2-6H2,1H3. The molecule has 2 heteroatoms. The molecule has 1 aromatic heterocycles. The van der Waals surface area contributed by atoms with Gasteiger partial charge in [0, 0.05) is 18.2 Å². The number of rotatable bonds is 7. The highest BCUT2D eigenvalue weighted by Crippen LogP contribution is 2.19. The molecule has 0 radical (unpaired) electrons. The number of hydrogen-bond donors (Lipinski definition) is 0. The van der Waals surface area contributed by atoms with Gasteiger partial charge in [-0.3, -0.25) is 4.98 Å². The van der Waals surface area contributed by atoms with Gasteiger partial charge in [-0.2, -0.15) is 0 Å². The van der Waals surface area contributed by atoms with E-state index in [9.17, 15) is 4.79 Å². The Balaban J connectivity index is 2.05. The van der Waals surface area contributed by atoms with Gasteiger partial charge in [0.2, 0.25) is 0 Å². The minimum absolute atomic E-state index is 0.563. The molecule has 1 heterocycles. The molecule has 0 fully saturated rings. The molecule has 0 aliphatic heterocycles. The lowest BCUT2D eigenvalue weighted by atomic mass is 10.0. The third-order valence-electron chi connectivity index (χ3n) is 3.44. The Kier molecular flexibility index (Phi) is 5.48. The summed E-state index contributed by atoms with van der Waals surface area (Å²) in [4.78, 5) is 14.8. The molecule has 0 aliphatic carbocycles. The molecule has 2 aromatic rings. The molecule has 0 unspecified atom stereocenters. The lowest BCUT2D eigenvalue weighted by molar-refractivity contribution is -0.107. The zero-order chi connectivity index (χ0) is 14.2. The maximum Gasteiger partial charge on any atom is 0.120 e. The van der Waals surface area contributed by atoms with Crippen LogP contribution in [0.1, 0.15) is 37.3 Å². The van der Waals surface area contributed by atoms with Crippen molar-refractivity contribution in [3.8, 4) is 11.3 Å². The largest absolute Gasteiger partial charge is 0.303 e. The van der Waals surface area contributed by atoms with Gasteiger partial charge in [-0.1, -0.05) is 43.7 Å². The average Bonchev–Trinajstić information content (AvgIpc) is 2.52. The fourth-order valence-corrected chi connectivity index (χ4v) is 2.19. The van der Waals surface area contributed by atoms with E-state index in [0.717, 1.165) is 35.9 Å². The third kappa shape index (κ3) is 4.02. The fraction of sp³-hybridized carbons (Fsp3) is 0.333. The lowest BCUT2D eigenvalue weighted by Crippen LogP contribution is -1.90. The quantitative estimate of drug-likeness (QED) is 0.703. The summed E-state index contributed by atoms with van der Waals surface area (Å²) in [6.45, 7) is 2.21. The lowest BCUT2D eigenvalue weighted by Gasteiger charge is -2.05. The van der Waals surface area contributed by atoms with Crippen LogP contribution in [0.25, 0.3) is 11.3 Å². The monoisotopic (exact) mass is 267 g/mol. The minimum Gasteiger partial charge on any atom is -0.303 e. The molecule has 20 heavy (non-hydrogen) atoms. The Labute approximate surface area is 120 Å². The molecule has 0 atom stereocenters. The average molecular weight is 267 g/mol. The second-order valence-electron chi connectivity index (χ2n) is 5.06. The smallest absolute Gasteiger partial charge is 0.120 e. The molecule has 1 aromatic carbocycles. The fourth-order valence-electron chi connectivity index (χ4n) is 2.19. The van der Waals surface area contributed by atoms with Gasteiger partial charge in [-0.15, -0.1) is 0 Å². The number of carbonyl (C=O) groups excluding carboxylic acids is 1. The van der Waals surface area contributed by atoms with E-state index >= 15 is 0 Å². The first-order valence-electron chi connectivity index (χ1n) is 7.31. The highest BCUT2D eigenvalue weighted by Gasteiger charge is 2.00. The van der Waals surface area contributed by atoms with Gasteiger partial charge >= 0.3 is 0 Å². The van der Waals surface area contributed by atoms with Crippen molar-refractivity contribution in [2.75, 3.05) is 0 Å². The van der Waals surface area contributed by atoms with Crippen LogP contribution in [0, 0.1) is 0 Å². The van der Waals surface area contributed by atoms with Crippen molar-refractivity contribution < 1.29 is 4.79 Å². The number of pyridine rings is 1. The third-order valence-corrected chi connectivity index (χ3v) is 3.44. The van der Waals surface area contributed by atoms with E-state index in [4.69, 9.17) is 0 Å². The number of aldehydes is 1. The van der Waals surface area contributed by atoms with E-state index in [1.807, 2.05) is 12.3 Å². The van der Waals surface area contributed by atoms with Gasteiger partial charge in [0.05, 0.1) is 5.69 Å². The van der Waals surface area contributed by atoms with Gasteiger partial charge in [0.25, 0.3) is 0 Å². The molecule has 0 amide bonds. The molecular formula is C18H21NO.